The number of aryl methyl sites for hydroxylation is 1. The Labute approximate surface area is 234 Å². The molecule has 0 atom stereocenters. The fraction of sp³-hybridized carbons (Fsp3) is 0.0270. The Hall–Kier alpha value is -5.28. The van der Waals surface area contributed by atoms with E-state index in [0.717, 1.165) is 28.6 Å². The highest BCUT2D eigenvalue weighted by molar-refractivity contribution is 6.21. The van der Waals surface area contributed by atoms with Gasteiger partial charge in [-0.2, -0.15) is 0 Å². The highest BCUT2D eigenvalue weighted by Gasteiger charge is 2.18. The first kappa shape index (κ1) is 23.8. The maximum absolute atomic E-state index is 4.85. The molecule has 7 rings (SSSR count). The number of nitrogens with zero attached hydrogens (tertiary/aromatic N) is 3. The van der Waals surface area contributed by atoms with Gasteiger partial charge in [0.15, 0.2) is 0 Å². The van der Waals surface area contributed by atoms with Crippen LogP contribution in [0.2, 0.25) is 0 Å². The molecule has 190 valence electrons. The highest BCUT2D eigenvalue weighted by atomic mass is 15.2. The normalized spacial score (nSPS) is 11.1. The van der Waals surface area contributed by atoms with Crippen LogP contribution in [0.3, 0.4) is 0 Å². The van der Waals surface area contributed by atoms with Crippen molar-refractivity contribution in [1.82, 2.24) is 9.97 Å². The van der Waals surface area contributed by atoms with Crippen molar-refractivity contribution in [3.05, 3.63) is 151 Å². The molecule has 0 aliphatic heterocycles. The predicted octanol–water partition coefficient (Wildman–Crippen LogP) is 9.90. The number of pyridine rings is 2. The van der Waals surface area contributed by atoms with Gasteiger partial charge in [0, 0.05) is 28.8 Å². The van der Waals surface area contributed by atoms with E-state index in [4.69, 9.17) is 9.97 Å². The van der Waals surface area contributed by atoms with Crippen molar-refractivity contribution in [2.45, 2.75) is 6.92 Å². The molecule has 0 unspecified atom stereocenters. The summed E-state index contributed by atoms with van der Waals surface area (Å²) in [5.74, 6) is 0.898. The second-order valence-electron chi connectivity index (χ2n) is 9.91. The van der Waals surface area contributed by atoms with Crippen LogP contribution >= 0.6 is 0 Å². The highest BCUT2D eigenvalue weighted by Crippen LogP contribution is 2.43. The molecule has 0 N–H and O–H groups in total. The third-order valence-corrected chi connectivity index (χ3v) is 7.38. The number of benzene rings is 5. The van der Waals surface area contributed by atoms with Crippen molar-refractivity contribution >= 4 is 38.7 Å². The zero-order valence-corrected chi connectivity index (χ0v) is 22.2. The minimum Gasteiger partial charge on any atom is -0.295 e. The molecule has 2 aromatic heterocycles. The van der Waals surface area contributed by atoms with Gasteiger partial charge in [-0.15, -0.1) is 0 Å². The summed E-state index contributed by atoms with van der Waals surface area (Å²) >= 11 is 0. The Morgan fingerprint density at radius 2 is 1.05 bits per heavy atom. The summed E-state index contributed by atoms with van der Waals surface area (Å²) < 4.78 is 0. The van der Waals surface area contributed by atoms with Crippen LogP contribution in [0.1, 0.15) is 5.69 Å². The molecule has 40 heavy (non-hydrogen) atoms. The summed E-state index contributed by atoms with van der Waals surface area (Å²) in [6.45, 7) is 2.03. The Kier molecular flexibility index (Phi) is 6.02. The molecule has 0 aliphatic rings. The summed E-state index contributed by atoms with van der Waals surface area (Å²) in [6.07, 6.45) is 1.87. The molecule has 3 heteroatoms. The van der Waals surface area contributed by atoms with Crippen molar-refractivity contribution in [2.24, 2.45) is 0 Å². The van der Waals surface area contributed by atoms with Gasteiger partial charge in [-0.3, -0.25) is 9.88 Å². The molecule has 0 bridgehead atoms. The smallest absolute Gasteiger partial charge is 0.137 e. The van der Waals surface area contributed by atoms with Crippen molar-refractivity contribution in [2.75, 3.05) is 4.90 Å². The van der Waals surface area contributed by atoms with Crippen LogP contribution in [-0.2, 0) is 0 Å². The lowest BCUT2D eigenvalue weighted by molar-refractivity contribution is 1.13. The van der Waals surface area contributed by atoms with E-state index in [1.165, 1.54) is 38.2 Å². The molecule has 0 saturated heterocycles. The number of para-hydroxylation sites is 1. The summed E-state index contributed by atoms with van der Waals surface area (Å²) in [5.41, 5.74) is 7.69. The van der Waals surface area contributed by atoms with E-state index < -0.39 is 0 Å². The van der Waals surface area contributed by atoms with Crippen molar-refractivity contribution < 1.29 is 0 Å². The van der Waals surface area contributed by atoms with Crippen LogP contribution < -0.4 is 4.90 Å². The minimum atomic E-state index is 0.898. The molecule has 7 aromatic rings. The SMILES string of the molecule is Cc1cccc(N(c2ccccc2)c2ccc(-c3c4ccccc4c(-c4ccccn4)c4ccccc34)cc2)n1. The van der Waals surface area contributed by atoms with Crippen molar-refractivity contribution in [3.63, 3.8) is 0 Å². The van der Waals surface area contributed by atoms with Gasteiger partial charge in [0.05, 0.1) is 5.69 Å². The van der Waals surface area contributed by atoms with E-state index in [0.29, 0.717) is 0 Å². The van der Waals surface area contributed by atoms with Crippen LogP contribution in [0.5, 0.6) is 0 Å². The molecule has 3 nitrogen and oxygen atoms in total. The average Bonchev–Trinajstić information content (AvgIpc) is 3.01. The third-order valence-electron chi connectivity index (χ3n) is 7.38. The zero-order chi connectivity index (χ0) is 26.9. The number of fused-ring (bicyclic) bond motifs is 2. The van der Waals surface area contributed by atoms with Gasteiger partial charge in [0.2, 0.25) is 0 Å². The molecule has 0 saturated carbocycles. The van der Waals surface area contributed by atoms with Crippen molar-refractivity contribution in [1.29, 1.82) is 0 Å². The topological polar surface area (TPSA) is 29.0 Å². The Morgan fingerprint density at radius 1 is 0.475 bits per heavy atom. The van der Waals surface area contributed by atoms with E-state index in [2.05, 4.69) is 126 Å². The summed E-state index contributed by atoms with van der Waals surface area (Å²) in [4.78, 5) is 11.8. The van der Waals surface area contributed by atoms with Gasteiger partial charge in [-0.1, -0.05) is 91.0 Å². The standard InChI is InChI=1S/C37H27N3/c1-26-12-11-20-35(39-26)40(28-13-3-2-4-14-28)29-23-21-27(22-24-29)36-30-15-5-7-17-32(30)37(34-19-9-10-25-38-34)33-18-8-6-16-31(33)36/h2-25H,1H3. The van der Waals surface area contributed by atoms with Gasteiger partial charge in [0.1, 0.15) is 5.82 Å². The molecular weight excluding hydrogens is 486 g/mol. The third kappa shape index (κ3) is 4.18. The van der Waals surface area contributed by atoms with Crippen LogP contribution in [0.4, 0.5) is 17.2 Å². The fourth-order valence-electron chi connectivity index (χ4n) is 5.65. The first-order valence-electron chi connectivity index (χ1n) is 13.5. The molecule has 0 radical (unpaired) electrons. The molecule has 5 aromatic carbocycles. The Balaban J connectivity index is 1.43. The van der Waals surface area contributed by atoms with E-state index >= 15 is 0 Å². The number of aromatic nitrogens is 2. The van der Waals surface area contributed by atoms with Gasteiger partial charge in [-0.05, 0) is 88.1 Å². The Morgan fingerprint density at radius 3 is 1.65 bits per heavy atom. The summed E-state index contributed by atoms with van der Waals surface area (Å²) in [6, 6.07) is 48.9. The van der Waals surface area contributed by atoms with Crippen LogP contribution in [0, 0.1) is 6.92 Å². The quantitative estimate of drug-likeness (QED) is 0.214. The van der Waals surface area contributed by atoms with Crippen LogP contribution in [0.15, 0.2) is 146 Å². The van der Waals surface area contributed by atoms with E-state index in [-0.39, 0.29) is 0 Å². The first-order chi connectivity index (χ1) is 19.8. The number of hydrogen-bond acceptors (Lipinski definition) is 3. The molecule has 0 spiro atoms. The minimum absolute atomic E-state index is 0.898. The van der Waals surface area contributed by atoms with Crippen LogP contribution in [0.25, 0.3) is 43.9 Å². The maximum atomic E-state index is 4.85. The lowest BCUT2D eigenvalue weighted by atomic mass is 9.87. The van der Waals surface area contributed by atoms with Gasteiger partial charge >= 0.3 is 0 Å². The lowest BCUT2D eigenvalue weighted by Gasteiger charge is -2.25. The summed E-state index contributed by atoms with van der Waals surface area (Å²) in [5, 5.41) is 4.84. The van der Waals surface area contributed by atoms with Gasteiger partial charge in [-0.25, -0.2) is 4.98 Å². The van der Waals surface area contributed by atoms with E-state index in [1.54, 1.807) is 0 Å². The molecular formula is C37H27N3. The number of rotatable bonds is 5. The predicted molar refractivity (Wildman–Crippen MR) is 167 cm³/mol. The van der Waals surface area contributed by atoms with E-state index in [9.17, 15) is 0 Å². The van der Waals surface area contributed by atoms with Gasteiger partial charge in [0.25, 0.3) is 0 Å². The second-order valence-corrected chi connectivity index (χ2v) is 9.91. The van der Waals surface area contributed by atoms with E-state index in [1.807, 2.05) is 31.3 Å². The van der Waals surface area contributed by atoms with Gasteiger partial charge < -0.3 is 0 Å². The largest absolute Gasteiger partial charge is 0.295 e. The van der Waals surface area contributed by atoms with Crippen LogP contribution in [-0.4, -0.2) is 9.97 Å². The monoisotopic (exact) mass is 513 g/mol. The summed E-state index contributed by atoms with van der Waals surface area (Å²) in [7, 11) is 0. The first-order valence-corrected chi connectivity index (χ1v) is 13.5. The number of anilines is 3. The average molecular weight is 514 g/mol. The van der Waals surface area contributed by atoms with Crippen molar-refractivity contribution in [3.8, 4) is 22.4 Å². The molecule has 0 amide bonds. The molecule has 0 fully saturated rings. The maximum Gasteiger partial charge on any atom is 0.137 e. The molecule has 2 heterocycles. The number of hydrogen-bond donors (Lipinski definition) is 0. The zero-order valence-electron chi connectivity index (χ0n) is 22.2. The Bertz CT molecular complexity index is 1890. The second kappa shape index (κ2) is 10.1. The molecule has 0 aliphatic carbocycles. The lowest BCUT2D eigenvalue weighted by Crippen LogP contribution is -2.11. The fourth-order valence-corrected chi connectivity index (χ4v) is 5.65.